The first-order valence-electron chi connectivity index (χ1n) is 7.92. The van der Waals surface area contributed by atoms with Gasteiger partial charge in [0.25, 0.3) is 0 Å². The minimum absolute atomic E-state index is 0.884. The average Bonchev–Trinajstić information content (AvgIpc) is 2.61. The molecule has 2 aromatic rings. The molecule has 0 atom stereocenters. The third kappa shape index (κ3) is 3.88. The van der Waals surface area contributed by atoms with Gasteiger partial charge in [0.1, 0.15) is 11.6 Å². The standard InChI is InChI=1S/C19H22N2OS/c1-14-8-9-17(22-2)15(12-14)13-23-18-7-4-3-6-16(18)19-20-10-5-11-21-19/h3-4,6-9,12H,5,10-11,13H2,1-2H3,(H,20,21). The number of hydrogen-bond donors (Lipinski definition) is 1. The van der Waals surface area contributed by atoms with Crippen LogP contribution in [0.25, 0.3) is 0 Å². The van der Waals surface area contributed by atoms with E-state index in [4.69, 9.17) is 4.74 Å². The van der Waals surface area contributed by atoms with Crippen molar-refractivity contribution in [2.45, 2.75) is 24.0 Å². The van der Waals surface area contributed by atoms with Crippen molar-refractivity contribution in [3.63, 3.8) is 0 Å². The lowest BCUT2D eigenvalue weighted by molar-refractivity contribution is 0.411. The lowest BCUT2D eigenvalue weighted by atomic mass is 10.1. The molecule has 1 aliphatic heterocycles. The van der Waals surface area contributed by atoms with Crippen LogP contribution in [0.2, 0.25) is 0 Å². The largest absolute Gasteiger partial charge is 0.496 e. The molecular weight excluding hydrogens is 304 g/mol. The van der Waals surface area contributed by atoms with Crippen LogP contribution in [0.4, 0.5) is 0 Å². The van der Waals surface area contributed by atoms with Crippen molar-refractivity contribution in [1.82, 2.24) is 5.32 Å². The molecular formula is C19H22N2OS. The Balaban J connectivity index is 1.81. The summed E-state index contributed by atoms with van der Waals surface area (Å²) >= 11 is 1.83. The van der Waals surface area contributed by atoms with Crippen LogP contribution in [0.1, 0.15) is 23.1 Å². The van der Waals surface area contributed by atoms with E-state index < -0.39 is 0 Å². The Hall–Kier alpha value is -1.94. The normalized spacial score (nSPS) is 14.1. The van der Waals surface area contributed by atoms with E-state index in [2.05, 4.69) is 53.6 Å². The van der Waals surface area contributed by atoms with Crippen LogP contribution in [0.3, 0.4) is 0 Å². The van der Waals surface area contributed by atoms with E-state index in [0.29, 0.717) is 0 Å². The Bertz CT molecular complexity index is 712. The molecule has 1 N–H and O–H groups in total. The fraction of sp³-hybridized carbons (Fsp3) is 0.316. The Labute approximate surface area is 142 Å². The molecule has 0 aromatic heterocycles. The molecule has 3 rings (SSSR count). The third-order valence-electron chi connectivity index (χ3n) is 3.86. The molecule has 0 amide bonds. The van der Waals surface area contributed by atoms with E-state index >= 15 is 0 Å². The van der Waals surface area contributed by atoms with Gasteiger partial charge in [0, 0.05) is 34.9 Å². The zero-order valence-corrected chi connectivity index (χ0v) is 14.5. The Kier molecular flexibility index (Phi) is 5.23. The summed E-state index contributed by atoms with van der Waals surface area (Å²) in [6.07, 6.45) is 1.11. The third-order valence-corrected chi connectivity index (χ3v) is 4.98. The fourth-order valence-electron chi connectivity index (χ4n) is 2.68. The minimum Gasteiger partial charge on any atom is -0.496 e. The zero-order chi connectivity index (χ0) is 16.1. The van der Waals surface area contributed by atoms with E-state index in [-0.39, 0.29) is 0 Å². The maximum atomic E-state index is 5.49. The van der Waals surface area contributed by atoms with Gasteiger partial charge < -0.3 is 10.1 Å². The molecule has 0 aliphatic carbocycles. The van der Waals surface area contributed by atoms with Gasteiger partial charge in [-0.15, -0.1) is 11.8 Å². The molecule has 0 saturated heterocycles. The molecule has 0 radical (unpaired) electrons. The second-order valence-electron chi connectivity index (χ2n) is 5.61. The van der Waals surface area contributed by atoms with Crippen LogP contribution in [-0.2, 0) is 5.75 Å². The van der Waals surface area contributed by atoms with Crippen molar-refractivity contribution in [1.29, 1.82) is 0 Å². The molecule has 0 bridgehead atoms. The van der Waals surface area contributed by atoms with Crippen LogP contribution in [0.15, 0.2) is 52.4 Å². The van der Waals surface area contributed by atoms with Gasteiger partial charge in [0.05, 0.1) is 7.11 Å². The highest BCUT2D eigenvalue weighted by atomic mass is 32.2. The van der Waals surface area contributed by atoms with Gasteiger partial charge in [-0.05, 0) is 25.5 Å². The van der Waals surface area contributed by atoms with E-state index in [1.165, 1.54) is 21.6 Å². The fourth-order valence-corrected chi connectivity index (χ4v) is 3.71. The lowest BCUT2D eigenvalue weighted by Crippen LogP contribution is -2.30. The quantitative estimate of drug-likeness (QED) is 0.842. The number of amidine groups is 1. The number of rotatable bonds is 5. The zero-order valence-electron chi connectivity index (χ0n) is 13.6. The van der Waals surface area contributed by atoms with Crippen LogP contribution < -0.4 is 10.1 Å². The van der Waals surface area contributed by atoms with Crippen LogP contribution in [-0.4, -0.2) is 26.0 Å². The summed E-state index contributed by atoms with van der Waals surface area (Å²) in [4.78, 5) is 5.88. The van der Waals surface area contributed by atoms with E-state index in [0.717, 1.165) is 36.8 Å². The molecule has 2 aromatic carbocycles. The Morgan fingerprint density at radius 1 is 1.22 bits per heavy atom. The van der Waals surface area contributed by atoms with Gasteiger partial charge in [-0.25, -0.2) is 0 Å². The Morgan fingerprint density at radius 2 is 2.09 bits per heavy atom. The number of ether oxygens (including phenoxy) is 1. The van der Waals surface area contributed by atoms with Crippen LogP contribution >= 0.6 is 11.8 Å². The topological polar surface area (TPSA) is 33.6 Å². The molecule has 1 aliphatic rings. The van der Waals surface area contributed by atoms with Crippen LogP contribution in [0, 0.1) is 6.92 Å². The first-order valence-corrected chi connectivity index (χ1v) is 8.90. The minimum atomic E-state index is 0.884. The van der Waals surface area contributed by atoms with Crippen molar-refractivity contribution in [3.8, 4) is 5.75 Å². The van der Waals surface area contributed by atoms with Crippen molar-refractivity contribution in [2.75, 3.05) is 20.2 Å². The lowest BCUT2D eigenvalue weighted by Gasteiger charge is -2.17. The first-order chi connectivity index (χ1) is 11.3. The number of thioether (sulfide) groups is 1. The van der Waals surface area contributed by atoms with E-state index in [1.54, 1.807) is 7.11 Å². The molecule has 0 unspecified atom stereocenters. The van der Waals surface area contributed by atoms with Crippen LogP contribution in [0.5, 0.6) is 5.75 Å². The van der Waals surface area contributed by atoms with Gasteiger partial charge in [-0.1, -0.05) is 35.9 Å². The molecule has 0 fully saturated rings. The number of hydrogen-bond acceptors (Lipinski definition) is 4. The monoisotopic (exact) mass is 326 g/mol. The number of aliphatic imine (C=N–C) groups is 1. The summed E-state index contributed by atoms with van der Waals surface area (Å²) in [5.74, 6) is 2.86. The molecule has 1 heterocycles. The molecule has 0 saturated carbocycles. The first kappa shape index (κ1) is 15.9. The van der Waals surface area contributed by atoms with E-state index in [9.17, 15) is 0 Å². The van der Waals surface area contributed by atoms with Crippen molar-refractivity contribution < 1.29 is 4.74 Å². The molecule has 3 nitrogen and oxygen atoms in total. The summed E-state index contributed by atoms with van der Waals surface area (Å²) in [5, 5.41) is 3.42. The van der Waals surface area contributed by atoms with Gasteiger partial charge in [0.2, 0.25) is 0 Å². The summed E-state index contributed by atoms with van der Waals surface area (Å²) in [6.45, 7) is 4.03. The number of benzene rings is 2. The summed E-state index contributed by atoms with van der Waals surface area (Å²) in [5.41, 5.74) is 3.68. The predicted molar refractivity (Wildman–Crippen MR) is 97.8 cm³/mol. The maximum Gasteiger partial charge on any atom is 0.129 e. The Morgan fingerprint density at radius 3 is 2.87 bits per heavy atom. The second kappa shape index (κ2) is 7.55. The van der Waals surface area contributed by atoms with Crippen molar-refractivity contribution in [3.05, 3.63) is 59.2 Å². The highest BCUT2D eigenvalue weighted by molar-refractivity contribution is 7.98. The molecule has 120 valence electrons. The van der Waals surface area contributed by atoms with Gasteiger partial charge in [-0.2, -0.15) is 0 Å². The second-order valence-corrected chi connectivity index (χ2v) is 6.63. The predicted octanol–water partition coefficient (Wildman–Crippen LogP) is 4.04. The summed E-state index contributed by atoms with van der Waals surface area (Å²) in [6, 6.07) is 14.8. The molecule has 4 heteroatoms. The molecule has 0 spiro atoms. The maximum absolute atomic E-state index is 5.49. The van der Waals surface area contributed by atoms with Crippen molar-refractivity contribution in [2.24, 2.45) is 4.99 Å². The number of methoxy groups -OCH3 is 1. The van der Waals surface area contributed by atoms with Gasteiger partial charge >= 0.3 is 0 Å². The highest BCUT2D eigenvalue weighted by Gasteiger charge is 2.12. The van der Waals surface area contributed by atoms with E-state index in [1.807, 2.05) is 17.8 Å². The SMILES string of the molecule is COc1ccc(C)cc1CSc1ccccc1C1=NCCCN1. The summed E-state index contributed by atoms with van der Waals surface area (Å²) in [7, 11) is 1.73. The molecule has 23 heavy (non-hydrogen) atoms. The smallest absolute Gasteiger partial charge is 0.129 e. The van der Waals surface area contributed by atoms with Crippen molar-refractivity contribution >= 4 is 17.6 Å². The van der Waals surface area contributed by atoms with Gasteiger partial charge in [-0.3, -0.25) is 4.99 Å². The average molecular weight is 326 g/mol. The number of nitrogens with one attached hydrogen (secondary N) is 1. The number of aryl methyl sites for hydroxylation is 1. The van der Waals surface area contributed by atoms with Gasteiger partial charge in [0.15, 0.2) is 0 Å². The highest BCUT2D eigenvalue weighted by Crippen LogP contribution is 2.31. The number of nitrogens with zero attached hydrogens (tertiary/aromatic N) is 1. The summed E-state index contributed by atoms with van der Waals surface area (Å²) < 4.78 is 5.49.